The molecular formula is C23H38B2O12. The summed E-state index contributed by atoms with van der Waals surface area (Å²) in [6.45, 7) is 4.89. The van der Waals surface area contributed by atoms with Crippen molar-refractivity contribution in [3.63, 3.8) is 0 Å². The van der Waals surface area contributed by atoms with Crippen LogP contribution in [0, 0.1) is 5.92 Å². The molecule has 6 heterocycles. The Balaban J connectivity index is 0.000000131. The van der Waals surface area contributed by atoms with Crippen molar-refractivity contribution >= 4 is 15.7 Å². The highest BCUT2D eigenvalue weighted by molar-refractivity contribution is 6.12. The van der Waals surface area contributed by atoms with E-state index in [2.05, 4.69) is 0 Å². The lowest BCUT2D eigenvalue weighted by Crippen LogP contribution is -2.52. The van der Waals surface area contributed by atoms with Gasteiger partial charge in [-0.1, -0.05) is 0 Å². The SMILES string of the molecule is COC[C@]12O[C@@H](C)[C@H](OC1C)[C@@H]2OC.[B][C@@H]1OC2(CO)COCC1[C@H]2O.[B][C@@H]1O[C@@]2(CO)COC1[C@H]2O. The summed E-state index contributed by atoms with van der Waals surface area (Å²) in [6, 6.07) is -1.12. The second-order valence-corrected chi connectivity index (χ2v) is 10.6. The van der Waals surface area contributed by atoms with Gasteiger partial charge in [0.05, 0.1) is 58.0 Å². The average Bonchev–Trinajstić information content (AvgIpc) is 3.53. The molecular weight excluding hydrogens is 490 g/mol. The number of methoxy groups -OCH3 is 2. The Bertz CT molecular complexity index is 782. The first-order valence-corrected chi connectivity index (χ1v) is 12.5. The summed E-state index contributed by atoms with van der Waals surface area (Å²) in [7, 11) is 14.4. The number of hydrogen-bond donors (Lipinski definition) is 4. The predicted molar refractivity (Wildman–Crippen MR) is 127 cm³/mol. The molecule has 208 valence electrons. The molecule has 4 radical (unpaired) electrons. The fourth-order valence-corrected chi connectivity index (χ4v) is 6.11. The standard InChI is InChI=1S/C10H18O4.C7H11BO4.C6H9BO4/c1-6-8-9(12-4)10(14-6,5-11-3)7(2)13-8;8-6-4-1-11-3-7(2-9,12-6)5(4)10;7-5-3-4(9)6(1-8,11-5)2-10-3/h6-9H,5H2,1-4H3;4-6,9-10H,1-3H2;3-5,8-9H,1-2H2/t6-,7?,8-,9-,10-;4?,5-,6-,7?;3?,4-,5-,6+/m011/s1. The van der Waals surface area contributed by atoms with Gasteiger partial charge in [-0.2, -0.15) is 0 Å². The number of fused-ring (bicyclic) bond motifs is 6. The van der Waals surface area contributed by atoms with E-state index in [0.29, 0.717) is 13.2 Å². The van der Waals surface area contributed by atoms with Gasteiger partial charge in [0.1, 0.15) is 56.9 Å². The van der Waals surface area contributed by atoms with Gasteiger partial charge in [-0.05, 0) is 13.8 Å². The molecule has 12 nitrogen and oxygen atoms in total. The van der Waals surface area contributed by atoms with E-state index < -0.39 is 47.1 Å². The zero-order valence-electron chi connectivity index (χ0n) is 21.7. The molecule has 6 aliphatic heterocycles. The minimum atomic E-state index is -0.970. The molecule has 6 rings (SSSR count). The van der Waals surface area contributed by atoms with Crippen LogP contribution >= 0.6 is 0 Å². The average molecular weight is 528 g/mol. The lowest BCUT2D eigenvalue weighted by molar-refractivity contribution is -0.194. The Morgan fingerprint density at radius 1 is 0.892 bits per heavy atom. The number of rotatable bonds is 5. The van der Waals surface area contributed by atoms with Crippen molar-refractivity contribution in [2.75, 3.05) is 53.9 Å². The minimum Gasteiger partial charge on any atom is -0.393 e. The molecule has 0 aromatic heterocycles. The van der Waals surface area contributed by atoms with Crippen molar-refractivity contribution in [3.8, 4) is 0 Å². The van der Waals surface area contributed by atoms with Crippen LogP contribution in [0.4, 0.5) is 0 Å². The third kappa shape index (κ3) is 4.81. The first-order chi connectivity index (χ1) is 17.5. The molecule has 0 spiro atoms. The van der Waals surface area contributed by atoms with Crippen molar-refractivity contribution in [1.82, 2.24) is 0 Å². The highest BCUT2D eigenvalue weighted by Gasteiger charge is 2.64. The van der Waals surface area contributed by atoms with Gasteiger partial charge in [0.2, 0.25) is 0 Å². The fourth-order valence-electron chi connectivity index (χ4n) is 6.11. The zero-order chi connectivity index (χ0) is 27.2. The first kappa shape index (κ1) is 29.6. The first-order valence-electron chi connectivity index (χ1n) is 12.5. The summed E-state index contributed by atoms with van der Waals surface area (Å²) in [5.74, 6) is -0.203. The van der Waals surface area contributed by atoms with Crippen LogP contribution in [0.2, 0.25) is 0 Å². The molecule has 14 heteroatoms. The summed E-state index contributed by atoms with van der Waals surface area (Å²) in [6.07, 6.45) is -1.80. The molecule has 6 saturated heterocycles. The van der Waals surface area contributed by atoms with Crippen LogP contribution < -0.4 is 0 Å². The highest BCUT2D eigenvalue weighted by atomic mass is 16.7. The topological polar surface area (TPSA) is 155 Å². The molecule has 6 fully saturated rings. The van der Waals surface area contributed by atoms with E-state index in [4.69, 9.17) is 63.8 Å². The van der Waals surface area contributed by atoms with Gasteiger partial charge in [0.25, 0.3) is 0 Å². The van der Waals surface area contributed by atoms with Crippen LogP contribution in [0.5, 0.6) is 0 Å². The van der Waals surface area contributed by atoms with Crippen LogP contribution in [0.1, 0.15) is 13.8 Å². The van der Waals surface area contributed by atoms with Crippen molar-refractivity contribution in [2.24, 2.45) is 5.92 Å². The Morgan fingerprint density at radius 2 is 1.54 bits per heavy atom. The Labute approximate surface area is 219 Å². The largest absolute Gasteiger partial charge is 0.393 e. The van der Waals surface area contributed by atoms with Gasteiger partial charge < -0.3 is 58.3 Å². The summed E-state index contributed by atoms with van der Waals surface area (Å²) in [5.41, 5.74) is -2.33. The number of aliphatic hydroxyl groups is 4. The number of aliphatic hydroxyl groups excluding tert-OH is 4. The molecule has 0 saturated carbocycles. The molecule has 4 N–H and O–H groups in total. The summed E-state index contributed by atoms with van der Waals surface area (Å²) in [4.78, 5) is 0. The molecule has 4 unspecified atom stereocenters. The van der Waals surface area contributed by atoms with Crippen LogP contribution in [0.3, 0.4) is 0 Å². The Hall–Kier alpha value is -0.350. The van der Waals surface area contributed by atoms with Gasteiger partial charge in [-0.15, -0.1) is 0 Å². The minimum absolute atomic E-state index is 0.00699. The maximum Gasteiger partial charge on any atom is 0.146 e. The smallest absolute Gasteiger partial charge is 0.146 e. The van der Waals surface area contributed by atoms with Gasteiger partial charge in [0.15, 0.2) is 0 Å². The maximum atomic E-state index is 9.68. The molecule has 0 aliphatic carbocycles. The second kappa shape index (κ2) is 11.3. The lowest BCUT2D eigenvalue weighted by atomic mass is 9.81. The summed E-state index contributed by atoms with van der Waals surface area (Å²) >= 11 is 0. The van der Waals surface area contributed by atoms with E-state index in [0.717, 1.165) is 0 Å². The molecule has 0 aromatic rings. The third-order valence-electron chi connectivity index (χ3n) is 8.32. The van der Waals surface area contributed by atoms with Crippen LogP contribution in [0.15, 0.2) is 0 Å². The van der Waals surface area contributed by atoms with Gasteiger partial charge in [-0.3, -0.25) is 0 Å². The van der Waals surface area contributed by atoms with Gasteiger partial charge in [-0.25, -0.2) is 0 Å². The van der Waals surface area contributed by atoms with E-state index in [1.165, 1.54) is 0 Å². The second-order valence-electron chi connectivity index (χ2n) is 10.6. The molecule has 6 bridgehead atoms. The third-order valence-corrected chi connectivity index (χ3v) is 8.32. The molecule has 13 atom stereocenters. The van der Waals surface area contributed by atoms with Crippen LogP contribution in [-0.4, -0.2) is 162 Å². The zero-order valence-corrected chi connectivity index (χ0v) is 21.7. The summed E-state index contributed by atoms with van der Waals surface area (Å²) in [5, 5.41) is 37.1. The normalized spacial score (nSPS) is 53.0. The van der Waals surface area contributed by atoms with Crippen molar-refractivity contribution in [3.05, 3.63) is 0 Å². The molecule has 37 heavy (non-hydrogen) atoms. The van der Waals surface area contributed by atoms with E-state index in [-0.39, 0.29) is 56.8 Å². The van der Waals surface area contributed by atoms with E-state index in [1.54, 1.807) is 14.2 Å². The lowest BCUT2D eigenvalue weighted by Gasteiger charge is -2.34. The quantitative estimate of drug-likeness (QED) is 0.267. The molecule has 6 aliphatic rings. The highest BCUT2D eigenvalue weighted by Crippen LogP contribution is 2.45. The summed E-state index contributed by atoms with van der Waals surface area (Å²) < 4.78 is 43.1. The number of hydrogen-bond acceptors (Lipinski definition) is 12. The molecule has 0 amide bonds. The molecule has 0 aromatic carbocycles. The van der Waals surface area contributed by atoms with Crippen molar-refractivity contribution in [1.29, 1.82) is 0 Å². The van der Waals surface area contributed by atoms with E-state index in [9.17, 15) is 10.2 Å². The van der Waals surface area contributed by atoms with Gasteiger partial charge >= 0.3 is 0 Å². The van der Waals surface area contributed by atoms with Gasteiger partial charge in [0, 0.05) is 32.1 Å². The number of ether oxygens (including phenoxy) is 8. The van der Waals surface area contributed by atoms with Crippen LogP contribution in [-0.2, 0) is 37.9 Å². The monoisotopic (exact) mass is 528 g/mol. The maximum absolute atomic E-state index is 9.68. The Morgan fingerprint density at radius 3 is 2.03 bits per heavy atom. The van der Waals surface area contributed by atoms with Crippen molar-refractivity contribution in [2.45, 2.75) is 85.4 Å². The van der Waals surface area contributed by atoms with Crippen LogP contribution in [0.25, 0.3) is 0 Å². The Kier molecular flexibility index (Phi) is 9.02. The van der Waals surface area contributed by atoms with Crippen molar-refractivity contribution < 1.29 is 58.3 Å². The predicted octanol–water partition coefficient (Wildman–Crippen LogP) is -3.16. The van der Waals surface area contributed by atoms with E-state index >= 15 is 0 Å². The fraction of sp³-hybridized carbons (Fsp3) is 1.00. The van der Waals surface area contributed by atoms with E-state index in [1.807, 2.05) is 13.8 Å².